The molecule has 2 heterocycles. The van der Waals surface area contributed by atoms with E-state index in [0.29, 0.717) is 42.6 Å². The molecule has 1 aliphatic heterocycles. The first-order valence-corrected chi connectivity index (χ1v) is 17.0. The summed E-state index contributed by atoms with van der Waals surface area (Å²) in [4.78, 5) is 40.8. The molecule has 11 nitrogen and oxygen atoms in total. The molecule has 4 rings (SSSR count). The van der Waals surface area contributed by atoms with E-state index >= 15 is 0 Å². The van der Waals surface area contributed by atoms with Gasteiger partial charge in [-0.3, -0.25) is 14.6 Å². The second-order valence-corrected chi connectivity index (χ2v) is 13.5. The van der Waals surface area contributed by atoms with E-state index in [-0.39, 0.29) is 28.8 Å². The number of nitrogens with zero attached hydrogens (tertiary/aromatic N) is 4. The third kappa shape index (κ3) is 7.06. The standard InChI is InChI=1S/C30H41N7O4S2/c1-5-7-14-35-43(40,41)26-12-11-22-23(9-8-10-24(22)36(3)4)27(26)30(39)37-16-13-20(33-19-34-31)18-25(37)21(6-2)28(38)29-32-15-17-42-29/h8-12,15,17,19-21,25,35H,5-7,13-14,16,18,31H2,1-4H3,(H,33,34). The van der Waals surface area contributed by atoms with Crippen molar-refractivity contribution >= 4 is 55.8 Å². The number of carbonyl (C=O) groups is 2. The van der Waals surface area contributed by atoms with Gasteiger partial charge in [0.05, 0.1) is 22.8 Å². The van der Waals surface area contributed by atoms with E-state index in [2.05, 4.69) is 20.1 Å². The summed E-state index contributed by atoms with van der Waals surface area (Å²) in [6, 6.07) is 8.13. The number of fused-ring (bicyclic) bond motifs is 1. The second-order valence-electron chi connectivity index (χ2n) is 10.9. The van der Waals surface area contributed by atoms with Crippen molar-refractivity contribution in [3.8, 4) is 0 Å². The number of aromatic nitrogens is 1. The van der Waals surface area contributed by atoms with Gasteiger partial charge in [-0.25, -0.2) is 24.0 Å². The second kappa shape index (κ2) is 14.4. The zero-order chi connectivity index (χ0) is 31.1. The number of unbranched alkanes of at least 4 members (excludes halogenated alkanes) is 1. The van der Waals surface area contributed by atoms with Crippen molar-refractivity contribution in [2.45, 2.75) is 62.9 Å². The van der Waals surface area contributed by atoms with Crippen molar-refractivity contribution in [1.29, 1.82) is 0 Å². The fraction of sp³-hybridized carbons (Fsp3) is 0.467. The summed E-state index contributed by atoms with van der Waals surface area (Å²) in [6.07, 6.45) is 5.94. The van der Waals surface area contributed by atoms with E-state index in [4.69, 9.17) is 5.84 Å². The molecule has 0 aliphatic carbocycles. The number of nitrogens with one attached hydrogen (secondary N) is 2. The molecule has 0 spiro atoms. The molecule has 3 aromatic rings. The summed E-state index contributed by atoms with van der Waals surface area (Å²) in [5, 5.41) is 3.45. The van der Waals surface area contributed by atoms with Crippen LogP contribution in [-0.4, -0.2) is 75.6 Å². The van der Waals surface area contributed by atoms with E-state index in [1.54, 1.807) is 28.6 Å². The highest BCUT2D eigenvalue weighted by molar-refractivity contribution is 7.89. The third-order valence-corrected chi connectivity index (χ3v) is 10.2. The first-order valence-electron chi connectivity index (χ1n) is 14.6. The number of benzene rings is 2. The van der Waals surface area contributed by atoms with Crippen molar-refractivity contribution in [3.63, 3.8) is 0 Å². The average Bonchev–Trinajstić information content (AvgIpc) is 3.54. The van der Waals surface area contributed by atoms with Crippen LogP contribution in [0.4, 0.5) is 5.69 Å². The van der Waals surface area contributed by atoms with Gasteiger partial charge < -0.3 is 15.2 Å². The van der Waals surface area contributed by atoms with Gasteiger partial charge in [0.1, 0.15) is 0 Å². The Hall–Kier alpha value is -3.39. The van der Waals surface area contributed by atoms with Crippen LogP contribution in [0.2, 0.25) is 0 Å². The Labute approximate surface area is 257 Å². The Morgan fingerprint density at radius 3 is 2.67 bits per heavy atom. The monoisotopic (exact) mass is 627 g/mol. The van der Waals surface area contributed by atoms with Gasteiger partial charge in [0.2, 0.25) is 10.0 Å². The van der Waals surface area contributed by atoms with E-state index < -0.39 is 27.9 Å². The number of thiazole rings is 1. The Balaban J connectivity index is 1.88. The summed E-state index contributed by atoms with van der Waals surface area (Å²) >= 11 is 1.27. The lowest BCUT2D eigenvalue weighted by molar-refractivity contribution is 0.0458. The zero-order valence-corrected chi connectivity index (χ0v) is 26.7. The normalized spacial score (nSPS) is 18.2. The lowest BCUT2D eigenvalue weighted by Crippen LogP contribution is -2.52. The number of likely N-dealkylation sites (tertiary alicyclic amines) is 1. The van der Waals surface area contributed by atoms with Crippen LogP contribution >= 0.6 is 11.3 Å². The Morgan fingerprint density at radius 1 is 1.23 bits per heavy atom. The van der Waals surface area contributed by atoms with Crippen LogP contribution in [0.25, 0.3) is 10.8 Å². The number of hydrogen-bond donors (Lipinski definition) is 3. The molecule has 13 heteroatoms. The molecule has 43 heavy (non-hydrogen) atoms. The molecular formula is C30H41N7O4S2. The predicted molar refractivity (Wildman–Crippen MR) is 172 cm³/mol. The molecule has 232 valence electrons. The lowest BCUT2D eigenvalue weighted by atomic mass is 9.83. The number of ketones is 1. The highest BCUT2D eigenvalue weighted by Gasteiger charge is 2.41. The lowest BCUT2D eigenvalue weighted by Gasteiger charge is -2.42. The molecule has 0 saturated carbocycles. The first kappa shape index (κ1) is 32.5. The van der Waals surface area contributed by atoms with Gasteiger partial charge in [0, 0.05) is 61.8 Å². The number of carbonyl (C=O) groups excluding carboxylic acids is 2. The van der Waals surface area contributed by atoms with Crippen LogP contribution < -0.4 is 20.9 Å². The highest BCUT2D eigenvalue weighted by atomic mass is 32.2. The molecule has 4 N–H and O–H groups in total. The molecule has 2 aromatic carbocycles. The van der Waals surface area contributed by atoms with Crippen LogP contribution in [0.5, 0.6) is 0 Å². The van der Waals surface area contributed by atoms with E-state index in [0.717, 1.165) is 17.5 Å². The minimum atomic E-state index is -4.02. The molecule has 3 unspecified atom stereocenters. The summed E-state index contributed by atoms with van der Waals surface area (Å²) < 4.78 is 30.1. The summed E-state index contributed by atoms with van der Waals surface area (Å²) in [6.45, 7) is 4.46. The average molecular weight is 628 g/mol. The number of Topliss-reactive ketones (excluding diaryl/α,β-unsaturated/α-hetero) is 1. The van der Waals surface area contributed by atoms with Crippen molar-refractivity contribution in [2.24, 2.45) is 16.8 Å². The molecule has 1 amide bonds. The van der Waals surface area contributed by atoms with Crippen LogP contribution in [0.1, 0.15) is 66.1 Å². The highest BCUT2D eigenvalue weighted by Crippen LogP contribution is 2.36. The maximum absolute atomic E-state index is 14.8. The quantitative estimate of drug-likeness (QED) is 0.0647. The van der Waals surface area contributed by atoms with Gasteiger partial charge in [-0.1, -0.05) is 38.5 Å². The van der Waals surface area contributed by atoms with Crippen molar-refractivity contribution in [2.75, 3.05) is 32.1 Å². The maximum atomic E-state index is 14.8. The Morgan fingerprint density at radius 2 is 2.02 bits per heavy atom. The summed E-state index contributed by atoms with van der Waals surface area (Å²) in [7, 11) is -0.214. The number of rotatable bonds is 13. The minimum Gasteiger partial charge on any atom is -0.377 e. The fourth-order valence-electron chi connectivity index (χ4n) is 5.79. The molecule has 1 aliphatic rings. The van der Waals surface area contributed by atoms with Gasteiger partial charge in [0.25, 0.3) is 5.91 Å². The van der Waals surface area contributed by atoms with Crippen LogP contribution in [0.15, 0.2) is 51.8 Å². The number of anilines is 1. The number of piperidine rings is 1. The van der Waals surface area contributed by atoms with Crippen molar-refractivity contribution < 1.29 is 18.0 Å². The first-order chi connectivity index (χ1) is 20.6. The van der Waals surface area contributed by atoms with Gasteiger partial charge in [-0.05, 0) is 43.2 Å². The molecule has 3 atom stereocenters. The molecule has 1 aromatic heterocycles. The number of hydrogen-bond acceptors (Lipinski definition) is 9. The Bertz CT molecular complexity index is 1560. The number of hydrazine groups is 1. The summed E-state index contributed by atoms with van der Waals surface area (Å²) in [5.74, 6) is 4.32. The van der Waals surface area contributed by atoms with E-state index in [1.807, 2.05) is 45.0 Å². The number of amides is 1. The number of sulfonamides is 1. The van der Waals surface area contributed by atoms with Gasteiger partial charge in [-0.2, -0.15) is 0 Å². The molecular weight excluding hydrogens is 587 g/mol. The van der Waals surface area contributed by atoms with E-state index in [9.17, 15) is 18.0 Å². The van der Waals surface area contributed by atoms with Gasteiger partial charge in [0.15, 0.2) is 10.8 Å². The molecule has 1 fully saturated rings. The van der Waals surface area contributed by atoms with Crippen molar-refractivity contribution in [3.05, 3.63) is 52.5 Å². The minimum absolute atomic E-state index is 0.0671. The Kier molecular flexibility index (Phi) is 10.9. The SMILES string of the molecule is CCCCNS(=O)(=O)c1ccc2c(N(C)C)cccc2c1C(=O)N1CCC(N=CNN)CC1C(CC)C(=O)c1nccs1. The van der Waals surface area contributed by atoms with Gasteiger partial charge in [-0.15, -0.1) is 11.3 Å². The third-order valence-electron chi connectivity index (χ3n) is 7.93. The van der Waals surface area contributed by atoms with Crippen LogP contribution in [0.3, 0.4) is 0 Å². The smallest absolute Gasteiger partial charge is 0.256 e. The van der Waals surface area contributed by atoms with Crippen LogP contribution in [0, 0.1) is 5.92 Å². The largest absolute Gasteiger partial charge is 0.377 e. The summed E-state index contributed by atoms with van der Waals surface area (Å²) in [5.41, 5.74) is 3.40. The maximum Gasteiger partial charge on any atom is 0.256 e. The molecule has 0 radical (unpaired) electrons. The predicted octanol–water partition coefficient (Wildman–Crippen LogP) is 3.81. The number of aliphatic imine (C=N–C) groups is 1. The van der Waals surface area contributed by atoms with Gasteiger partial charge >= 0.3 is 0 Å². The topological polar surface area (TPSA) is 150 Å². The zero-order valence-electron chi connectivity index (χ0n) is 25.1. The molecule has 0 bridgehead atoms. The van der Waals surface area contributed by atoms with Crippen molar-refractivity contribution in [1.82, 2.24) is 20.0 Å². The fourth-order valence-corrected chi connectivity index (χ4v) is 7.71. The number of nitrogens with two attached hydrogens (primary N) is 1. The molecule has 1 saturated heterocycles. The van der Waals surface area contributed by atoms with E-state index in [1.165, 1.54) is 23.7 Å². The van der Waals surface area contributed by atoms with Crippen LogP contribution in [-0.2, 0) is 10.0 Å².